The van der Waals surface area contributed by atoms with Gasteiger partial charge in [0.1, 0.15) is 22.5 Å². The van der Waals surface area contributed by atoms with Crippen LogP contribution in [0.2, 0.25) is 0 Å². The van der Waals surface area contributed by atoms with Crippen LogP contribution in [0.15, 0.2) is 36.4 Å². The molecular weight excluding hydrogens is 325 g/mol. The molecule has 0 amide bonds. The summed E-state index contributed by atoms with van der Waals surface area (Å²) < 4.78 is 5.43. The number of nitrogens with zero attached hydrogens (tertiary/aromatic N) is 3. The maximum atomic E-state index is 10.7. The van der Waals surface area contributed by atoms with Crippen molar-refractivity contribution in [1.29, 1.82) is 0 Å². The second-order valence-corrected chi connectivity index (χ2v) is 8.65. The quantitative estimate of drug-likeness (QED) is 0.727. The summed E-state index contributed by atoms with van der Waals surface area (Å²) in [5.41, 5.74) is 3.25. The summed E-state index contributed by atoms with van der Waals surface area (Å²) in [4.78, 5) is 1.49. The molecule has 0 radical (unpaired) electrons. The molecule has 0 fully saturated rings. The highest BCUT2D eigenvalue weighted by Crippen LogP contribution is 2.42. The van der Waals surface area contributed by atoms with Crippen LogP contribution in [-0.4, -0.2) is 28.1 Å². The highest BCUT2D eigenvalue weighted by Gasteiger charge is 2.29. The Morgan fingerprint density at radius 3 is 2.12 bits per heavy atom. The monoisotopic (exact) mass is 351 g/mol. The number of hydrogen-bond donors (Lipinski definition) is 1. The van der Waals surface area contributed by atoms with Crippen molar-refractivity contribution in [2.45, 2.75) is 46.5 Å². The molecule has 136 valence electrons. The Morgan fingerprint density at radius 1 is 1.04 bits per heavy atom. The predicted molar refractivity (Wildman–Crippen MR) is 107 cm³/mol. The van der Waals surface area contributed by atoms with Gasteiger partial charge in [0.2, 0.25) is 0 Å². The van der Waals surface area contributed by atoms with Crippen molar-refractivity contribution in [3.63, 3.8) is 0 Å². The van der Waals surface area contributed by atoms with E-state index in [1.165, 1.54) is 4.80 Å². The third kappa shape index (κ3) is 3.54. The molecule has 5 nitrogen and oxygen atoms in total. The molecule has 1 aromatic heterocycles. The van der Waals surface area contributed by atoms with E-state index < -0.39 is 0 Å². The molecule has 0 aliphatic heterocycles. The number of aromatic nitrogens is 3. The van der Waals surface area contributed by atoms with E-state index in [1.54, 1.807) is 8.05 Å². The van der Waals surface area contributed by atoms with Crippen LogP contribution in [0.3, 0.4) is 0 Å². The van der Waals surface area contributed by atoms with Crippen LogP contribution in [0.4, 0.5) is 0 Å². The summed E-state index contributed by atoms with van der Waals surface area (Å²) >= 11 is 0. The van der Waals surface area contributed by atoms with Gasteiger partial charge in [0, 0.05) is 0 Å². The molecule has 6 heteroatoms. The first-order chi connectivity index (χ1) is 12.1. The van der Waals surface area contributed by atoms with Crippen LogP contribution in [0.5, 0.6) is 11.5 Å². The smallest absolute Gasteiger partial charge is 0.322 e. The first kappa shape index (κ1) is 18.3. The van der Waals surface area contributed by atoms with Gasteiger partial charge in [-0.2, -0.15) is 0 Å². The summed E-state index contributed by atoms with van der Waals surface area (Å²) in [6, 6.07) is 11.5. The number of phenolic OH excluding ortho intramolecular Hbond substituents is 1. The minimum absolute atomic E-state index is 0.0446. The van der Waals surface area contributed by atoms with E-state index in [2.05, 4.69) is 44.8 Å². The van der Waals surface area contributed by atoms with Crippen molar-refractivity contribution in [2.24, 2.45) is 5.41 Å². The molecule has 0 unspecified atom stereocenters. The zero-order valence-electron chi connectivity index (χ0n) is 16.4. The average molecular weight is 351 g/mol. The first-order valence-electron chi connectivity index (χ1n) is 8.85. The minimum atomic E-state index is -0.0967. The van der Waals surface area contributed by atoms with Crippen LogP contribution in [0, 0.1) is 5.41 Å². The first-order valence-corrected chi connectivity index (χ1v) is 8.85. The molecule has 0 saturated carbocycles. The number of fused-ring (bicyclic) bond motifs is 1. The highest BCUT2D eigenvalue weighted by molar-refractivity contribution is 6.00. The van der Waals surface area contributed by atoms with Gasteiger partial charge in [-0.25, -0.2) is 0 Å². The zero-order valence-corrected chi connectivity index (χ0v) is 16.4. The van der Waals surface area contributed by atoms with Gasteiger partial charge >= 0.3 is 8.05 Å². The zero-order chi connectivity index (χ0) is 19.1. The summed E-state index contributed by atoms with van der Waals surface area (Å²) in [7, 11) is 1.56. The number of rotatable bonds is 4. The van der Waals surface area contributed by atoms with Gasteiger partial charge in [-0.15, -0.1) is 15.0 Å². The third-order valence-corrected chi connectivity index (χ3v) is 4.53. The molecule has 0 aliphatic rings. The van der Waals surface area contributed by atoms with E-state index in [-0.39, 0.29) is 16.6 Å². The molecule has 2 aromatic carbocycles. The summed E-state index contributed by atoms with van der Waals surface area (Å²) in [5, 5.41) is 19.7. The standard InChI is InChI=1S/C20H26BN3O2/c1-19(2,3)12-20(4,5)13-10-16(18(25)17(11-13)26-21)24-22-14-8-6-7-9-15(14)23-24/h6-11,25H,12,21H2,1-5H3. The van der Waals surface area contributed by atoms with Gasteiger partial charge in [0.25, 0.3) is 0 Å². The lowest BCUT2D eigenvalue weighted by Crippen LogP contribution is -2.25. The molecule has 0 atom stereocenters. The average Bonchev–Trinajstić information content (AvgIpc) is 2.96. The van der Waals surface area contributed by atoms with Crippen molar-refractivity contribution in [1.82, 2.24) is 15.0 Å². The van der Waals surface area contributed by atoms with E-state index in [0.717, 1.165) is 23.0 Å². The number of hydrogen-bond acceptors (Lipinski definition) is 4. The molecule has 1 N–H and O–H groups in total. The summed E-state index contributed by atoms with van der Waals surface area (Å²) in [6.07, 6.45) is 0.988. The van der Waals surface area contributed by atoms with E-state index >= 15 is 0 Å². The molecule has 1 heterocycles. The van der Waals surface area contributed by atoms with Crippen LogP contribution in [0.25, 0.3) is 16.7 Å². The lowest BCUT2D eigenvalue weighted by molar-refractivity contribution is 0.283. The summed E-state index contributed by atoms with van der Waals surface area (Å²) in [5.74, 6) is 0.476. The maximum absolute atomic E-state index is 10.7. The van der Waals surface area contributed by atoms with Crippen molar-refractivity contribution < 1.29 is 9.76 Å². The number of phenols is 1. The van der Waals surface area contributed by atoms with Crippen molar-refractivity contribution in [3.8, 4) is 17.2 Å². The van der Waals surface area contributed by atoms with E-state index in [4.69, 9.17) is 4.65 Å². The Labute approximate surface area is 155 Å². The van der Waals surface area contributed by atoms with Gasteiger partial charge in [-0.1, -0.05) is 46.8 Å². The normalized spacial score (nSPS) is 12.5. The van der Waals surface area contributed by atoms with Crippen molar-refractivity contribution in [2.75, 3.05) is 0 Å². The SMILES string of the molecule is BOc1cc(C(C)(C)CC(C)(C)C)cc(-n2nc3ccccc3n2)c1O. The molecule has 3 rings (SSSR count). The Balaban J connectivity index is 2.16. The lowest BCUT2D eigenvalue weighted by atomic mass is 9.72. The third-order valence-electron chi connectivity index (χ3n) is 4.53. The Bertz CT molecular complexity index is 909. The Kier molecular flexibility index (Phi) is 4.47. The minimum Gasteiger partial charge on any atom is -0.565 e. The van der Waals surface area contributed by atoms with Crippen LogP contribution in [0.1, 0.15) is 46.6 Å². The fourth-order valence-corrected chi connectivity index (χ4v) is 3.69. The fraction of sp³-hybridized carbons (Fsp3) is 0.400. The largest absolute Gasteiger partial charge is 0.565 e. The maximum Gasteiger partial charge on any atom is 0.322 e. The van der Waals surface area contributed by atoms with E-state index in [9.17, 15) is 5.11 Å². The Hall–Kier alpha value is -2.50. The lowest BCUT2D eigenvalue weighted by Gasteiger charge is -2.33. The van der Waals surface area contributed by atoms with Gasteiger partial charge in [-0.05, 0) is 47.1 Å². The molecule has 0 bridgehead atoms. The van der Waals surface area contributed by atoms with Crippen LogP contribution < -0.4 is 4.65 Å². The number of aromatic hydroxyl groups is 1. The van der Waals surface area contributed by atoms with E-state index in [0.29, 0.717) is 11.4 Å². The predicted octanol–water partition coefficient (Wildman–Crippen LogP) is 3.77. The van der Waals surface area contributed by atoms with Crippen LogP contribution in [-0.2, 0) is 5.41 Å². The molecular formula is C20H26BN3O2. The summed E-state index contributed by atoms with van der Waals surface area (Å²) in [6.45, 7) is 11.1. The van der Waals surface area contributed by atoms with Gasteiger partial charge in [-0.3, -0.25) is 0 Å². The van der Waals surface area contributed by atoms with E-state index in [1.807, 2.05) is 36.4 Å². The molecule has 26 heavy (non-hydrogen) atoms. The van der Waals surface area contributed by atoms with Crippen molar-refractivity contribution >= 4 is 19.1 Å². The Morgan fingerprint density at radius 2 is 1.62 bits per heavy atom. The topological polar surface area (TPSA) is 60.2 Å². The van der Waals surface area contributed by atoms with Crippen LogP contribution >= 0.6 is 0 Å². The molecule has 3 aromatic rings. The fourth-order valence-electron chi connectivity index (χ4n) is 3.69. The molecule has 0 spiro atoms. The molecule has 0 aliphatic carbocycles. The van der Waals surface area contributed by atoms with Gasteiger partial charge < -0.3 is 9.76 Å². The highest BCUT2D eigenvalue weighted by atomic mass is 16.4. The van der Waals surface area contributed by atoms with Gasteiger partial charge in [0.15, 0.2) is 5.75 Å². The van der Waals surface area contributed by atoms with Gasteiger partial charge in [0.05, 0.1) is 0 Å². The second kappa shape index (κ2) is 6.34. The number of benzene rings is 2. The van der Waals surface area contributed by atoms with Crippen molar-refractivity contribution in [3.05, 3.63) is 42.0 Å². The second-order valence-electron chi connectivity index (χ2n) is 8.65. The molecule has 0 saturated heterocycles.